The number of fused-ring (bicyclic) bond motifs is 1. The number of benzene rings is 1. The van der Waals surface area contributed by atoms with Gasteiger partial charge >= 0.3 is 0 Å². The lowest BCUT2D eigenvalue weighted by Crippen LogP contribution is -2.41. The third kappa shape index (κ3) is 3.58. The molecule has 0 bridgehead atoms. The van der Waals surface area contributed by atoms with Crippen molar-refractivity contribution < 1.29 is 8.42 Å². The summed E-state index contributed by atoms with van der Waals surface area (Å²) >= 11 is 1.65. The standard InChI is InChI=1S/C18H20N4O2S2/c1-26(23,24)22-9-7-14(8-10-22)21-17-15-11-16(13-5-3-2-4-6-13)25-18(15)20-12-19-17/h2-6,11-12,14H,7-10H2,1H3,(H,19,20,21). The predicted molar refractivity (Wildman–Crippen MR) is 106 cm³/mol. The van der Waals surface area contributed by atoms with Crippen molar-refractivity contribution in [3.8, 4) is 10.4 Å². The van der Waals surface area contributed by atoms with Crippen molar-refractivity contribution in [2.75, 3.05) is 24.7 Å². The van der Waals surface area contributed by atoms with Gasteiger partial charge in [0, 0.05) is 24.0 Å². The number of hydrogen-bond acceptors (Lipinski definition) is 6. The van der Waals surface area contributed by atoms with Crippen LogP contribution in [0.4, 0.5) is 5.82 Å². The maximum Gasteiger partial charge on any atom is 0.211 e. The molecule has 1 N–H and O–H groups in total. The summed E-state index contributed by atoms with van der Waals surface area (Å²) in [5, 5.41) is 4.51. The smallest absolute Gasteiger partial charge is 0.211 e. The first-order valence-corrected chi connectivity index (χ1v) is 11.2. The van der Waals surface area contributed by atoms with Crippen LogP contribution in [0.5, 0.6) is 0 Å². The molecule has 0 amide bonds. The highest BCUT2D eigenvalue weighted by Crippen LogP contribution is 2.35. The molecule has 0 atom stereocenters. The third-order valence-electron chi connectivity index (χ3n) is 4.65. The van der Waals surface area contributed by atoms with Gasteiger partial charge in [-0.05, 0) is 24.5 Å². The molecule has 1 aliphatic heterocycles. The molecule has 1 aliphatic rings. The van der Waals surface area contributed by atoms with Gasteiger partial charge in [0.2, 0.25) is 10.0 Å². The molecule has 0 spiro atoms. The first kappa shape index (κ1) is 17.4. The fourth-order valence-electron chi connectivity index (χ4n) is 3.24. The van der Waals surface area contributed by atoms with Crippen LogP contribution in [-0.4, -0.2) is 48.1 Å². The Labute approximate surface area is 157 Å². The number of aromatic nitrogens is 2. The minimum atomic E-state index is -3.10. The Morgan fingerprint density at radius 2 is 1.88 bits per heavy atom. The van der Waals surface area contributed by atoms with Crippen LogP contribution < -0.4 is 5.32 Å². The molecule has 1 fully saturated rings. The van der Waals surface area contributed by atoms with E-state index in [-0.39, 0.29) is 6.04 Å². The topological polar surface area (TPSA) is 75.2 Å². The molecule has 3 aromatic rings. The lowest BCUT2D eigenvalue weighted by Gasteiger charge is -2.30. The van der Waals surface area contributed by atoms with Gasteiger partial charge in [0.1, 0.15) is 17.0 Å². The average Bonchev–Trinajstić information content (AvgIpc) is 3.08. The Morgan fingerprint density at radius 3 is 2.58 bits per heavy atom. The van der Waals surface area contributed by atoms with Crippen LogP contribution >= 0.6 is 11.3 Å². The molecule has 3 heterocycles. The molecular formula is C18H20N4O2S2. The van der Waals surface area contributed by atoms with Crippen LogP contribution in [0.15, 0.2) is 42.7 Å². The van der Waals surface area contributed by atoms with E-state index in [4.69, 9.17) is 0 Å². The minimum absolute atomic E-state index is 0.214. The molecule has 0 aliphatic carbocycles. The van der Waals surface area contributed by atoms with Crippen molar-refractivity contribution in [1.82, 2.24) is 14.3 Å². The van der Waals surface area contributed by atoms with Crippen molar-refractivity contribution in [2.45, 2.75) is 18.9 Å². The van der Waals surface area contributed by atoms with Crippen molar-refractivity contribution in [3.05, 3.63) is 42.7 Å². The molecule has 0 radical (unpaired) electrons. The lowest BCUT2D eigenvalue weighted by molar-refractivity contribution is 0.331. The number of anilines is 1. The van der Waals surface area contributed by atoms with Gasteiger partial charge in [0.05, 0.1) is 11.6 Å². The predicted octanol–water partition coefficient (Wildman–Crippen LogP) is 3.19. The zero-order valence-electron chi connectivity index (χ0n) is 14.4. The summed E-state index contributed by atoms with van der Waals surface area (Å²) in [6.45, 7) is 1.09. The monoisotopic (exact) mass is 388 g/mol. The maximum atomic E-state index is 11.6. The highest BCUT2D eigenvalue weighted by molar-refractivity contribution is 7.88. The number of sulfonamides is 1. The molecule has 4 rings (SSSR count). The number of piperidine rings is 1. The van der Waals surface area contributed by atoms with E-state index in [9.17, 15) is 8.42 Å². The molecule has 2 aromatic heterocycles. The van der Waals surface area contributed by atoms with Gasteiger partial charge in [-0.2, -0.15) is 0 Å². The maximum absolute atomic E-state index is 11.6. The zero-order valence-corrected chi connectivity index (χ0v) is 16.1. The second-order valence-corrected chi connectivity index (χ2v) is 9.51. The number of nitrogens with zero attached hydrogens (tertiary/aromatic N) is 3. The SMILES string of the molecule is CS(=O)(=O)N1CCC(Nc2ncnc3sc(-c4ccccc4)cc23)CC1. The van der Waals surface area contributed by atoms with E-state index in [0.717, 1.165) is 33.8 Å². The summed E-state index contributed by atoms with van der Waals surface area (Å²) in [4.78, 5) is 11.0. The van der Waals surface area contributed by atoms with Gasteiger partial charge in [0.15, 0.2) is 0 Å². The van der Waals surface area contributed by atoms with E-state index in [1.165, 1.54) is 11.8 Å². The number of rotatable bonds is 4. The van der Waals surface area contributed by atoms with Gasteiger partial charge in [-0.3, -0.25) is 0 Å². The third-order valence-corrected chi connectivity index (χ3v) is 7.05. The second kappa shape index (κ2) is 6.94. The summed E-state index contributed by atoms with van der Waals surface area (Å²) in [6.07, 6.45) is 4.40. The van der Waals surface area contributed by atoms with Crippen LogP contribution in [0, 0.1) is 0 Å². The average molecular weight is 389 g/mol. The molecular weight excluding hydrogens is 368 g/mol. The zero-order chi connectivity index (χ0) is 18.1. The van der Waals surface area contributed by atoms with Crippen molar-refractivity contribution >= 4 is 37.4 Å². The van der Waals surface area contributed by atoms with E-state index in [1.807, 2.05) is 18.2 Å². The van der Waals surface area contributed by atoms with Gasteiger partial charge in [-0.25, -0.2) is 22.7 Å². The highest BCUT2D eigenvalue weighted by atomic mass is 32.2. The molecule has 1 saturated heterocycles. The van der Waals surface area contributed by atoms with Crippen LogP contribution in [-0.2, 0) is 10.0 Å². The largest absolute Gasteiger partial charge is 0.367 e. The Bertz CT molecular complexity index is 1010. The highest BCUT2D eigenvalue weighted by Gasteiger charge is 2.25. The summed E-state index contributed by atoms with van der Waals surface area (Å²) < 4.78 is 24.8. The second-order valence-electron chi connectivity index (χ2n) is 6.50. The van der Waals surface area contributed by atoms with Crippen LogP contribution in [0.25, 0.3) is 20.7 Å². The van der Waals surface area contributed by atoms with E-state index < -0.39 is 10.0 Å². The first-order chi connectivity index (χ1) is 12.5. The van der Waals surface area contributed by atoms with Crippen molar-refractivity contribution in [1.29, 1.82) is 0 Å². The summed E-state index contributed by atoms with van der Waals surface area (Å²) in [5.74, 6) is 0.825. The fraction of sp³-hybridized carbons (Fsp3) is 0.333. The number of thiophene rings is 1. The molecule has 8 heteroatoms. The molecule has 6 nitrogen and oxygen atoms in total. The van der Waals surface area contributed by atoms with Crippen molar-refractivity contribution in [2.24, 2.45) is 0 Å². The Hall–Kier alpha value is -2.03. The molecule has 1 aromatic carbocycles. The van der Waals surface area contributed by atoms with Crippen molar-refractivity contribution in [3.63, 3.8) is 0 Å². The van der Waals surface area contributed by atoms with Gasteiger partial charge in [-0.15, -0.1) is 11.3 Å². The minimum Gasteiger partial charge on any atom is -0.367 e. The number of hydrogen-bond donors (Lipinski definition) is 1. The summed E-state index contributed by atoms with van der Waals surface area (Å²) in [6, 6.07) is 12.6. The molecule has 26 heavy (non-hydrogen) atoms. The summed E-state index contributed by atoms with van der Waals surface area (Å²) in [5.41, 5.74) is 1.17. The molecule has 0 unspecified atom stereocenters. The Kier molecular flexibility index (Phi) is 4.64. The van der Waals surface area contributed by atoms with Gasteiger partial charge in [0.25, 0.3) is 0 Å². The quantitative estimate of drug-likeness (QED) is 0.743. The molecule has 0 saturated carbocycles. The first-order valence-electron chi connectivity index (χ1n) is 8.52. The normalized spacial score (nSPS) is 16.8. The van der Waals surface area contributed by atoms with E-state index >= 15 is 0 Å². The number of nitrogens with one attached hydrogen (secondary N) is 1. The molecule has 136 valence electrons. The summed E-state index contributed by atoms with van der Waals surface area (Å²) in [7, 11) is -3.10. The van der Waals surface area contributed by atoms with Crippen LogP contribution in [0.3, 0.4) is 0 Å². The van der Waals surface area contributed by atoms with E-state index in [2.05, 4.69) is 33.5 Å². The Morgan fingerprint density at radius 1 is 1.15 bits per heavy atom. The lowest BCUT2D eigenvalue weighted by atomic mass is 10.1. The van der Waals surface area contributed by atoms with Crippen LogP contribution in [0.1, 0.15) is 12.8 Å². The fourth-order valence-corrected chi connectivity index (χ4v) is 5.12. The van der Waals surface area contributed by atoms with Gasteiger partial charge < -0.3 is 5.32 Å². The van der Waals surface area contributed by atoms with E-state index in [1.54, 1.807) is 22.0 Å². The Balaban J connectivity index is 1.55. The van der Waals surface area contributed by atoms with E-state index in [0.29, 0.717) is 13.1 Å². The van der Waals surface area contributed by atoms with Crippen LogP contribution in [0.2, 0.25) is 0 Å². The van der Waals surface area contributed by atoms with Gasteiger partial charge in [-0.1, -0.05) is 30.3 Å².